The lowest BCUT2D eigenvalue weighted by atomic mass is 10.1. The molecule has 2 aliphatic rings. The molecule has 0 radical (unpaired) electrons. The molecule has 2 N–H and O–H groups in total. The number of piperidine rings is 1. The molecule has 0 aliphatic carbocycles. The number of hydrogen-bond donors (Lipinski definition) is 1. The highest BCUT2D eigenvalue weighted by atomic mass is 35.5. The Kier molecular flexibility index (Phi) is 4.53. The summed E-state index contributed by atoms with van der Waals surface area (Å²) in [5.41, 5.74) is 9.57. The lowest BCUT2D eigenvalue weighted by molar-refractivity contribution is 0.174. The van der Waals surface area contributed by atoms with Crippen molar-refractivity contribution in [1.82, 2.24) is 19.7 Å². The quantitative estimate of drug-likeness (QED) is 0.495. The van der Waals surface area contributed by atoms with Gasteiger partial charge >= 0.3 is 0 Å². The van der Waals surface area contributed by atoms with E-state index in [9.17, 15) is 0 Å². The summed E-state index contributed by atoms with van der Waals surface area (Å²) in [4.78, 5) is 12.0. The molecular weight excluding hydrogens is 428 g/mol. The zero-order chi connectivity index (χ0) is 21.7. The Balaban J connectivity index is 1.57. The third-order valence-corrected chi connectivity index (χ3v) is 6.17. The third kappa shape index (κ3) is 3.18. The predicted octanol–water partition coefficient (Wildman–Crippen LogP) is 4.44. The second kappa shape index (κ2) is 7.56. The number of anilines is 2. The molecule has 0 saturated carbocycles. The van der Waals surface area contributed by atoms with E-state index >= 15 is 0 Å². The van der Waals surface area contributed by atoms with E-state index in [2.05, 4.69) is 4.90 Å². The molecule has 2 aliphatic heterocycles. The summed E-state index contributed by atoms with van der Waals surface area (Å²) < 4.78 is 12.8. The van der Waals surface area contributed by atoms with E-state index in [1.807, 2.05) is 42.5 Å². The fourth-order valence-electron chi connectivity index (χ4n) is 4.27. The van der Waals surface area contributed by atoms with E-state index in [4.69, 9.17) is 41.9 Å². The second-order valence-electron chi connectivity index (χ2n) is 7.96. The summed E-state index contributed by atoms with van der Waals surface area (Å²) >= 11 is 6.07. The van der Waals surface area contributed by atoms with Crippen molar-refractivity contribution >= 4 is 34.4 Å². The van der Waals surface area contributed by atoms with E-state index in [1.165, 1.54) is 6.42 Å². The standard InChI is InChI=1S/C23H21ClN6O2/c24-15-5-7-16(8-6-15)30-21(25)19-20(14-4-9-17-18(12-14)32-13-31-17)26-23(27-22(19)28-30)29-10-2-1-3-11-29/h4-9,12H,1-3,10-11,13,25H2. The van der Waals surface area contributed by atoms with Gasteiger partial charge < -0.3 is 20.1 Å². The van der Waals surface area contributed by atoms with Crippen LogP contribution in [0.25, 0.3) is 28.0 Å². The highest BCUT2D eigenvalue weighted by molar-refractivity contribution is 6.30. The monoisotopic (exact) mass is 448 g/mol. The van der Waals surface area contributed by atoms with Gasteiger partial charge in [0.25, 0.3) is 0 Å². The Morgan fingerprint density at radius 3 is 2.50 bits per heavy atom. The van der Waals surface area contributed by atoms with Gasteiger partial charge in [-0.25, -0.2) is 9.67 Å². The van der Waals surface area contributed by atoms with Crippen LogP contribution in [0.2, 0.25) is 5.02 Å². The van der Waals surface area contributed by atoms with Gasteiger partial charge in [-0.15, -0.1) is 5.10 Å². The van der Waals surface area contributed by atoms with Gasteiger partial charge in [0.15, 0.2) is 17.1 Å². The largest absolute Gasteiger partial charge is 0.454 e. The molecule has 1 saturated heterocycles. The van der Waals surface area contributed by atoms with Gasteiger partial charge in [0.05, 0.1) is 16.8 Å². The Morgan fingerprint density at radius 2 is 1.69 bits per heavy atom. The molecule has 4 heterocycles. The summed E-state index contributed by atoms with van der Waals surface area (Å²) in [6.45, 7) is 2.08. The van der Waals surface area contributed by atoms with E-state index in [-0.39, 0.29) is 6.79 Å². The first-order valence-corrected chi connectivity index (χ1v) is 11.0. The Bertz CT molecular complexity index is 1310. The number of rotatable bonds is 3. The summed E-state index contributed by atoms with van der Waals surface area (Å²) in [7, 11) is 0. The minimum atomic E-state index is 0.216. The number of nitrogens with two attached hydrogens (primary N) is 1. The van der Waals surface area contributed by atoms with E-state index in [0.29, 0.717) is 33.6 Å². The van der Waals surface area contributed by atoms with Crippen molar-refractivity contribution in [3.05, 3.63) is 47.5 Å². The summed E-state index contributed by atoms with van der Waals surface area (Å²) in [5.74, 6) is 2.56. The third-order valence-electron chi connectivity index (χ3n) is 5.91. The van der Waals surface area contributed by atoms with Crippen LogP contribution in [0.1, 0.15) is 19.3 Å². The maximum absolute atomic E-state index is 6.61. The van der Waals surface area contributed by atoms with Crippen molar-refractivity contribution in [3.63, 3.8) is 0 Å². The molecule has 2 aromatic carbocycles. The van der Waals surface area contributed by atoms with Gasteiger partial charge in [0.1, 0.15) is 5.82 Å². The van der Waals surface area contributed by atoms with E-state index < -0.39 is 0 Å². The Labute approximate surface area is 189 Å². The van der Waals surface area contributed by atoms with E-state index in [1.54, 1.807) is 4.68 Å². The fourth-order valence-corrected chi connectivity index (χ4v) is 4.39. The van der Waals surface area contributed by atoms with E-state index in [0.717, 1.165) is 48.6 Å². The Morgan fingerprint density at radius 1 is 0.906 bits per heavy atom. The smallest absolute Gasteiger partial charge is 0.231 e. The lowest BCUT2D eigenvalue weighted by Crippen LogP contribution is -2.31. The maximum Gasteiger partial charge on any atom is 0.231 e. The van der Waals surface area contributed by atoms with Crippen LogP contribution in [0, 0.1) is 0 Å². The average Bonchev–Trinajstić information content (AvgIpc) is 3.43. The molecule has 0 unspecified atom stereocenters. The Hall–Kier alpha value is -3.52. The normalized spacial score (nSPS) is 15.5. The minimum absolute atomic E-state index is 0.216. The lowest BCUT2D eigenvalue weighted by Gasteiger charge is -2.26. The summed E-state index contributed by atoms with van der Waals surface area (Å²) in [6, 6.07) is 13.2. The first kappa shape index (κ1) is 19.2. The number of nitrogens with zero attached hydrogens (tertiary/aromatic N) is 5. The minimum Gasteiger partial charge on any atom is -0.454 e. The number of aromatic nitrogens is 4. The van der Waals surface area contributed by atoms with Gasteiger partial charge in [-0.2, -0.15) is 4.98 Å². The predicted molar refractivity (Wildman–Crippen MR) is 124 cm³/mol. The van der Waals surface area contributed by atoms with Crippen LogP contribution in [0.15, 0.2) is 42.5 Å². The molecule has 32 heavy (non-hydrogen) atoms. The number of benzene rings is 2. The molecule has 0 amide bonds. The highest BCUT2D eigenvalue weighted by Crippen LogP contribution is 2.39. The second-order valence-corrected chi connectivity index (χ2v) is 8.40. The van der Waals surface area contributed by atoms with Crippen molar-refractivity contribution in [2.45, 2.75) is 19.3 Å². The SMILES string of the molecule is Nc1c2c(-c3ccc4c(c3)OCO4)nc(N3CCCCC3)nc2nn1-c1ccc(Cl)cc1. The van der Waals surface area contributed by atoms with Crippen LogP contribution in [0.4, 0.5) is 11.8 Å². The van der Waals surface area contributed by atoms with Crippen LogP contribution in [0.5, 0.6) is 11.5 Å². The molecule has 6 rings (SSSR count). The number of halogens is 1. The first-order chi connectivity index (χ1) is 15.7. The van der Waals surface area contributed by atoms with Gasteiger partial charge in [-0.3, -0.25) is 0 Å². The molecule has 0 spiro atoms. The van der Waals surface area contributed by atoms with Gasteiger partial charge in [0.2, 0.25) is 12.7 Å². The average molecular weight is 449 g/mol. The molecule has 0 bridgehead atoms. The van der Waals surface area contributed by atoms with Crippen molar-refractivity contribution in [2.24, 2.45) is 0 Å². The van der Waals surface area contributed by atoms with Crippen molar-refractivity contribution < 1.29 is 9.47 Å². The number of ether oxygens (including phenoxy) is 2. The van der Waals surface area contributed by atoms with Crippen molar-refractivity contribution in [1.29, 1.82) is 0 Å². The van der Waals surface area contributed by atoms with Crippen molar-refractivity contribution in [3.8, 4) is 28.4 Å². The van der Waals surface area contributed by atoms with Gasteiger partial charge in [-0.1, -0.05) is 11.6 Å². The van der Waals surface area contributed by atoms with Crippen LogP contribution in [-0.4, -0.2) is 39.6 Å². The fraction of sp³-hybridized carbons (Fsp3) is 0.261. The topological polar surface area (TPSA) is 91.3 Å². The van der Waals surface area contributed by atoms with Gasteiger partial charge in [0, 0.05) is 23.7 Å². The summed E-state index contributed by atoms with van der Waals surface area (Å²) in [6.07, 6.45) is 3.48. The van der Waals surface area contributed by atoms with Crippen LogP contribution < -0.4 is 20.1 Å². The molecule has 4 aromatic rings. The summed E-state index contributed by atoms with van der Waals surface area (Å²) in [5, 5.41) is 6.10. The van der Waals surface area contributed by atoms with Crippen molar-refractivity contribution in [2.75, 3.05) is 30.5 Å². The number of hydrogen-bond acceptors (Lipinski definition) is 7. The molecule has 2 aromatic heterocycles. The molecule has 162 valence electrons. The molecule has 0 atom stereocenters. The van der Waals surface area contributed by atoms with Crippen LogP contribution >= 0.6 is 11.6 Å². The van der Waals surface area contributed by atoms with Crippen LogP contribution in [0.3, 0.4) is 0 Å². The molecule has 8 nitrogen and oxygen atoms in total. The molecule has 9 heteroatoms. The zero-order valence-electron chi connectivity index (χ0n) is 17.3. The molecular formula is C23H21ClN6O2. The maximum atomic E-state index is 6.61. The number of fused-ring (bicyclic) bond motifs is 2. The number of nitrogen functional groups attached to an aromatic ring is 1. The highest BCUT2D eigenvalue weighted by Gasteiger charge is 2.24. The van der Waals surface area contributed by atoms with Gasteiger partial charge in [-0.05, 0) is 61.7 Å². The zero-order valence-corrected chi connectivity index (χ0v) is 18.0. The molecule has 1 fully saturated rings. The first-order valence-electron chi connectivity index (χ1n) is 10.6. The van der Waals surface area contributed by atoms with Crippen LogP contribution in [-0.2, 0) is 0 Å².